The van der Waals surface area contributed by atoms with Gasteiger partial charge in [-0.25, -0.2) is 0 Å². The van der Waals surface area contributed by atoms with Crippen molar-refractivity contribution >= 4 is 34.7 Å². The van der Waals surface area contributed by atoms with E-state index in [0.717, 1.165) is 38.8 Å². The van der Waals surface area contributed by atoms with Crippen LogP contribution in [0.1, 0.15) is 27.7 Å². The summed E-state index contributed by atoms with van der Waals surface area (Å²) in [4.78, 5) is 9.21. The number of hydrogen-bond donors (Lipinski definition) is 0. The minimum atomic E-state index is -0.414. The standard InChI is InChI=1S/C22H21BN2O3/c1-21(2)22(3,4)28-23(27-21)15-9-10-17(24-13-15)14-11-19-20(25-12-14)16-7-5-6-8-18(16)26-19/h5-13H,1-4H3. The average Bonchev–Trinajstić information content (AvgIpc) is 3.15. The number of furan rings is 1. The molecule has 0 N–H and O–H groups in total. The van der Waals surface area contributed by atoms with Gasteiger partial charge in [-0.2, -0.15) is 0 Å². The van der Waals surface area contributed by atoms with Gasteiger partial charge in [-0.3, -0.25) is 9.97 Å². The van der Waals surface area contributed by atoms with Crippen LogP contribution in [0.3, 0.4) is 0 Å². The van der Waals surface area contributed by atoms with Crippen molar-refractivity contribution in [2.45, 2.75) is 38.9 Å². The molecule has 0 unspecified atom stereocenters. The number of fused-ring (bicyclic) bond motifs is 3. The summed E-state index contributed by atoms with van der Waals surface area (Å²) in [7, 11) is -0.414. The lowest BCUT2D eigenvalue weighted by Crippen LogP contribution is -2.41. The molecule has 1 aliphatic heterocycles. The summed E-state index contributed by atoms with van der Waals surface area (Å²) >= 11 is 0. The molecule has 4 heterocycles. The van der Waals surface area contributed by atoms with Gasteiger partial charge in [0, 0.05) is 28.8 Å². The fourth-order valence-corrected chi connectivity index (χ4v) is 3.43. The molecule has 5 rings (SSSR count). The molecule has 3 aromatic heterocycles. The quantitative estimate of drug-likeness (QED) is 0.490. The van der Waals surface area contributed by atoms with Gasteiger partial charge in [0.2, 0.25) is 0 Å². The smallest absolute Gasteiger partial charge is 0.454 e. The Hall–Kier alpha value is -2.70. The summed E-state index contributed by atoms with van der Waals surface area (Å²) in [5, 5.41) is 1.02. The van der Waals surface area contributed by atoms with Gasteiger partial charge in [0.25, 0.3) is 0 Å². The summed E-state index contributed by atoms with van der Waals surface area (Å²) in [6.07, 6.45) is 3.64. The SMILES string of the molecule is CC1(C)OB(c2ccc(-c3cnc4c(c3)oc3ccccc34)nc2)OC1(C)C. The zero-order valence-electron chi connectivity index (χ0n) is 16.4. The fourth-order valence-electron chi connectivity index (χ4n) is 3.43. The zero-order chi connectivity index (χ0) is 19.5. The molecule has 1 saturated heterocycles. The van der Waals surface area contributed by atoms with Crippen molar-refractivity contribution in [3.63, 3.8) is 0 Å². The number of benzene rings is 1. The maximum atomic E-state index is 6.10. The summed E-state index contributed by atoms with van der Waals surface area (Å²) in [5.41, 5.74) is 4.37. The van der Waals surface area contributed by atoms with Crippen LogP contribution in [0.4, 0.5) is 0 Å². The normalized spacial score (nSPS) is 18.2. The van der Waals surface area contributed by atoms with Crippen molar-refractivity contribution in [3.8, 4) is 11.3 Å². The van der Waals surface area contributed by atoms with Crippen LogP contribution >= 0.6 is 0 Å². The number of pyridine rings is 2. The largest absolute Gasteiger partial charge is 0.496 e. The molecule has 0 spiro atoms. The van der Waals surface area contributed by atoms with E-state index in [4.69, 9.17) is 13.7 Å². The summed E-state index contributed by atoms with van der Waals surface area (Å²) in [6.45, 7) is 8.18. The van der Waals surface area contributed by atoms with E-state index in [-0.39, 0.29) is 11.2 Å². The Bertz CT molecular complexity index is 1170. The molecular weight excluding hydrogens is 351 g/mol. The van der Waals surface area contributed by atoms with Gasteiger partial charge in [0.05, 0.1) is 16.9 Å². The minimum Gasteiger partial charge on any atom is -0.454 e. The number of aromatic nitrogens is 2. The Kier molecular flexibility index (Phi) is 3.67. The third kappa shape index (κ3) is 2.64. The molecule has 0 saturated carbocycles. The van der Waals surface area contributed by atoms with E-state index < -0.39 is 7.12 Å². The lowest BCUT2D eigenvalue weighted by molar-refractivity contribution is 0.00578. The number of para-hydroxylation sites is 1. The van der Waals surface area contributed by atoms with Crippen LogP contribution in [0.15, 0.2) is 59.3 Å². The highest BCUT2D eigenvalue weighted by molar-refractivity contribution is 6.62. The molecule has 6 heteroatoms. The lowest BCUT2D eigenvalue weighted by atomic mass is 9.80. The molecule has 0 atom stereocenters. The van der Waals surface area contributed by atoms with E-state index in [1.807, 2.05) is 76.4 Å². The van der Waals surface area contributed by atoms with Crippen molar-refractivity contribution < 1.29 is 13.7 Å². The van der Waals surface area contributed by atoms with Crippen LogP contribution in [-0.4, -0.2) is 28.3 Å². The van der Waals surface area contributed by atoms with Crippen molar-refractivity contribution in [3.05, 3.63) is 54.9 Å². The van der Waals surface area contributed by atoms with Gasteiger partial charge in [0.1, 0.15) is 11.1 Å². The van der Waals surface area contributed by atoms with Crippen molar-refractivity contribution in [2.75, 3.05) is 0 Å². The second kappa shape index (κ2) is 5.90. The van der Waals surface area contributed by atoms with Crippen molar-refractivity contribution in [2.24, 2.45) is 0 Å². The van der Waals surface area contributed by atoms with Gasteiger partial charge < -0.3 is 13.7 Å². The highest BCUT2D eigenvalue weighted by Crippen LogP contribution is 2.36. The van der Waals surface area contributed by atoms with E-state index >= 15 is 0 Å². The highest BCUT2D eigenvalue weighted by atomic mass is 16.7. The Labute approximate surface area is 163 Å². The molecule has 0 amide bonds. The molecule has 0 aliphatic carbocycles. The number of hydrogen-bond acceptors (Lipinski definition) is 5. The molecule has 0 bridgehead atoms. The van der Waals surface area contributed by atoms with Gasteiger partial charge in [0.15, 0.2) is 5.58 Å². The molecule has 1 fully saturated rings. The number of rotatable bonds is 2. The van der Waals surface area contributed by atoms with Crippen molar-refractivity contribution in [1.29, 1.82) is 0 Å². The topological polar surface area (TPSA) is 57.4 Å². The molecule has 140 valence electrons. The van der Waals surface area contributed by atoms with E-state index in [1.165, 1.54) is 0 Å². The maximum absolute atomic E-state index is 6.10. The van der Waals surface area contributed by atoms with E-state index in [0.29, 0.717) is 0 Å². The lowest BCUT2D eigenvalue weighted by Gasteiger charge is -2.32. The first kappa shape index (κ1) is 17.4. The third-order valence-electron chi connectivity index (χ3n) is 5.82. The van der Waals surface area contributed by atoms with Crippen LogP contribution in [0, 0.1) is 0 Å². The maximum Gasteiger partial charge on any atom is 0.496 e. The van der Waals surface area contributed by atoms with E-state index in [2.05, 4.69) is 9.97 Å². The minimum absolute atomic E-state index is 0.368. The summed E-state index contributed by atoms with van der Waals surface area (Å²) < 4.78 is 18.1. The first-order valence-corrected chi connectivity index (χ1v) is 9.43. The van der Waals surface area contributed by atoms with Crippen LogP contribution < -0.4 is 5.46 Å². The predicted molar refractivity (Wildman–Crippen MR) is 110 cm³/mol. The summed E-state index contributed by atoms with van der Waals surface area (Å²) in [6, 6.07) is 13.9. The van der Waals surface area contributed by atoms with Gasteiger partial charge in [-0.1, -0.05) is 18.2 Å². The third-order valence-corrected chi connectivity index (χ3v) is 5.82. The van der Waals surface area contributed by atoms with Crippen molar-refractivity contribution in [1.82, 2.24) is 9.97 Å². The molecule has 1 aromatic carbocycles. The van der Waals surface area contributed by atoms with Crippen LogP contribution in [-0.2, 0) is 9.31 Å². The van der Waals surface area contributed by atoms with Crippen LogP contribution in [0.5, 0.6) is 0 Å². The molecular formula is C22H21BN2O3. The number of nitrogens with zero attached hydrogens (tertiary/aromatic N) is 2. The molecule has 5 nitrogen and oxygen atoms in total. The molecule has 28 heavy (non-hydrogen) atoms. The second-order valence-electron chi connectivity index (χ2n) is 8.23. The van der Waals surface area contributed by atoms with Gasteiger partial charge in [-0.05, 0) is 52.0 Å². The summed E-state index contributed by atoms with van der Waals surface area (Å²) in [5.74, 6) is 0. The van der Waals surface area contributed by atoms with E-state index in [9.17, 15) is 0 Å². The first-order chi connectivity index (χ1) is 13.3. The van der Waals surface area contributed by atoms with Gasteiger partial charge in [-0.15, -0.1) is 0 Å². The monoisotopic (exact) mass is 372 g/mol. The Morgan fingerprint density at radius 1 is 0.821 bits per heavy atom. The Morgan fingerprint density at radius 2 is 1.57 bits per heavy atom. The molecule has 4 aromatic rings. The Balaban J connectivity index is 1.47. The Morgan fingerprint density at radius 3 is 2.29 bits per heavy atom. The van der Waals surface area contributed by atoms with E-state index in [1.54, 1.807) is 6.20 Å². The van der Waals surface area contributed by atoms with Crippen LogP contribution in [0.25, 0.3) is 33.3 Å². The second-order valence-corrected chi connectivity index (χ2v) is 8.23. The predicted octanol–water partition coefficient (Wildman–Crippen LogP) is 4.34. The van der Waals surface area contributed by atoms with Gasteiger partial charge >= 0.3 is 7.12 Å². The van der Waals surface area contributed by atoms with Crippen LogP contribution in [0.2, 0.25) is 0 Å². The first-order valence-electron chi connectivity index (χ1n) is 9.43. The zero-order valence-corrected chi connectivity index (χ0v) is 16.4. The molecule has 0 radical (unpaired) electrons. The molecule has 1 aliphatic rings. The average molecular weight is 372 g/mol. The highest BCUT2D eigenvalue weighted by Gasteiger charge is 2.51. The fraction of sp³-hybridized carbons (Fsp3) is 0.273.